The number of nitrogens with one attached hydrogen (secondary N) is 1. The Morgan fingerprint density at radius 2 is 2.04 bits per heavy atom. The average Bonchev–Trinajstić information content (AvgIpc) is 3.31. The molecule has 3 aliphatic rings. The lowest BCUT2D eigenvalue weighted by Gasteiger charge is -2.32. The van der Waals surface area contributed by atoms with E-state index in [1.165, 1.54) is 17.7 Å². The third-order valence-electron chi connectivity index (χ3n) is 6.22. The lowest BCUT2D eigenvalue weighted by Crippen LogP contribution is -2.47. The first-order valence-electron chi connectivity index (χ1n) is 10.4. The second-order valence-corrected chi connectivity index (χ2v) is 7.89. The standard InChI is InChI=1S/C21H33N5O/c1-17-15-18-5-3-4-6-20(18)26(17)10-8-23-21(22-2)25-9-7-19(16-25)24-11-13-27-14-12-24/h3-6,17,19H,7-16H2,1-2H3,(H,22,23). The van der Waals surface area contributed by atoms with Crippen LogP contribution in [0, 0.1) is 0 Å². The molecule has 148 valence electrons. The predicted octanol–water partition coefficient (Wildman–Crippen LogP) is 1.42. The zero-order valence-electron chi connectivity index (χ0n) is 16.7. The lowest BCUT2D eigenvalue weighted by molar-refractivity contribution is 0.0195. The Morgan fingerprint density at radius 3 is 2.85 bits per heavy atom. The van der Waals surface area contributed by atoms with Crippen LogP contribution in [0.5, 0.6) is 0 Å². The molecule has 0 spiro atoms. The van der Waals surface area contributed by atoms with E-state index in [1.54, 1.807) is 0 Å². The first-order valence-corrected chi connectivity index (χ1v) is 10.4. The van der Waals surface area contributed by atoms with E-state index in [0.29, 0.717) is 12.1 Å². The molecule has 2 fully saturated rings. The van der Waals surface area contributed by atoms with Gasteiger partial charge in [-0.3, -0.25) is 9.89 Å². The summed E-state index contributed by atoms with van der Waals surface area (Å²) in [5, 5.41) is 3.60. The van der Waals surface area contributed by atoms with Gasteiger partial charge in [0.25, 0.3) is 0 Å². The fourth-order valence-electron chi connectivity index (χ4n) is 4.77. The van der Waals surface area contributed by atoms with Crippen molar-refractivity contribution >= 4 is 11.6 Å². The van der Waals surface area contributed by atoms with Crippen LogP contribution < -0.4 is 10.2 Å². The predicted molar refractivity (Wildman–Crippen MR) is 111 cm³/mol. The van der Waals surface area contributed by atoms with Crippen molar-refractivity contribution in [3.05, 3.63) is 29.8 Å². The van der Waals surface area contributed by atoms with E-state index in [-0.39, 0.29) is 0 Å². The SMILES string of the molecule is CN=C(NCCN1c2ccccc2CC1C)N1CCC(N2CCOCC2)C1. The largest absolute Gasteiger partial charge is 0.379 e. The van der Waals surface area contributed by atoms with Crippen molar-refractivity contribution in [1.82, 2.24) is 15.1 Å². The average molecular weight is 372 g/mol. The molecule has 0 amide bonds. The maximum atomic E-state index is 5.49. The molecule has 1 aromatic carbocycles. The van der Waals surface area contributed by atoms with Crippen molar-refractivity contribution in [2.45, 2.75) is 31.8 Å². The normalized spacial score (nSPS) is 26.5. The van der Waals surface area contributed by atoms with E-state index in [0.717, 1.165) is 64.9 Å². The molecule has 2 saturated heterocycles. The van der Waals surface area contributed by atoms with Crippen molar-refractivity contribution in [2.24, 2.45) is 4.99 Å². The summed E-state index contributed by atoms with van der Waals surface area (Å²) >= 11 is 0. The number of fused-ring (bicyclic) bond motifs is 1. The van der Waals surface area contributed by atoms with E-state index >= 15 is 0 Å². The molecule has 2 atom stereocenters. The highest BCUT2D eigenvalue weighted by Crippen LogP contribution is 2.31. The van der Waals surface area contributed by atoms with Gasteiger partial charge >= 0.3 is 0 Å². The zero-order chi connectivity index (χ0) is 18.6. The van der Waals surface area contributed by atoms with Gasteiger partial charge in [0.15, 0.2) is 5.96 Å². The number of aliphatic imine (C=N–C) groups is 1. The second kappa shape index (κ2) is 8.48. The number of para-hydroxylation sites is 1. The van der Waals surface area contributed by atoms with Gasteiger partial charge in [-0.2, -0.15) is 0 Å². The minimum absolute atomic E-state index is 0.573. The van der Waals surface area contributed by atoms with Gasteiger partial charge in [0.1, 0.15) is 0 Å². The summed E-state index contributed by atoms with van der Waals surface area (Å²) in [6.07, 6.45) is 2.37. The Labute approximate surface area is 163 Å². The van der Waals surface area contributed by atoms with Gasteiger partial charge in [-0.1, -0.05) is 18.2 Å². The van der Waals surface area contributed by atoms with Crippen LogP contribution in [0.4, 0.5) is 5.69 Å². The Bertz CT molecular complexity index is 658. The van der Waals surface area contributed by atoms with E-state index < -0.39 is 0 Å². The summed E-state index contributed by atoms with van der Waals surface area (Å²) in [6.45, 7) is 10.3. The number of anilines is 1. The number of benzene rings is 1. The summed E-state index contributed by atoms with van der Waals surface area (Å²) in [5.74, 6) is 1.05. The number of hydrogen-bond donors (Lipinski definition) is 1. The van der Waals surface area contributed by atoms with Gasteiger partial charge in [0.2, 0.25) is 0 Å². The third-order valence-corrected chi connectivity index (χ3v) is 6.22. The zero-order valence-corrected chi connectivity index (χ0v) is 16.7. The van der Waals surface area contributed by atoms with Crippen molar-refractivity contribution in [1.29, 1.82) is 0 Å². The van der Waals surface area contributed by atoms with Crippen LogP contribution in [0.3, 0.4) is 0 Å². The van der Waals surface area contributed by atoms with Crippen LogP contribution in [0.2, 0.25) is 0 Å². The van der Waals surface area contributed by atoms with Crippen molar-refractivity contribution in [2.75, 3.05) is 64.4 Å². The summed E-state index contributed by atoms with van der Waals surface area (Å²) in [4.78, 5) is 12.1. The van der Waals surface area contributed by atoms with E-state index in [4.69, 9.17) is 4.74 Å². The number of nitrogens with zero attached hydrogens (tertiary/aromatic N) is 4. The molecular formula is C21H33N5O. The molecule has 3 aliphatic heterocycles. The molecule has 0 aliphatic carbocycles. The topological polar surface area (TPSA) is 43.3 Å². The summed E-state index contributed by atoms with van der Waals surface area (Å²) in [7, 11) is 1.90. The van der Waals surface area contributed by atoms with Gasteiger partial charge in [0.05, 0.1) is 13.2 Å². The Hall–Kier alpha value is -1.79. The second-order valence-electron chi connectivity index (χ2n) is 7.89. The highest BCUT2D eigenvalue weighted by Gasteiger charge is 2.30. The molecule has 0 saturated carbocycles. The maximum Gasteiger partial charge on any atom is 0.193 e. The molecule has 1 N–H and O–H groups in total. The quantitative estimate of drug-likeness (QED) is 0.641. The molecule has 0 aromatic heterocycles. The lowest BCUT2D eigenvalue weighted by atomic mass is 10.1. The molecule has 3 heterocycles. The number of rotatable bonds is 4. The number of ether oxygens (including phenoxy) is 1. The van der Waals surface area contributed by atoms with Crippen molar-refractivity contribution < 1.29 is 4.74 Å². The minimum atomic E-state index is 0.573. The van der Waals surface area contributed by atoms with Crippen LogP contribution >= 0.6 is 0 Å². The van der Waals surface area contributed by atoms with E-state index in [9.17, 15) is 0 Å². The fourth-order valence-corrected chi connectivity index (χ4v) is 4.77. The van der Waals surface area contributed by atoms with Crippen LogP contribution in [0.25, 0.3) is 0 Å². The highest BCUT2D eigenvalue weighted by atomic mass is 16.5. The molecule has 0 radical (unpaired) electrons. The van der Waals surface area contributed by atoms with Crippen LogP contribution in [-0.2, 0) is 11.2 Å². The highest BCUT2D eigenvalue weighted by molar-refractivity contribution is 5.80. The van der Waals surface area contributed by atoms with Gasteiger partial charge in [-0.25, -0.2) is 0 Å². The molecule has 2 unspecified atom stereocenters. The fraction of sp³-hybridized carbons (Fsp3) is 0.667. The molecule has 27 heavy (non-hydrogen) atoms. The smallest absolute Gasteiger partial charge is 0.193 e. The summed E-state index contributed by atoms with van der Waals surface area (Å²) in [6, 6.07) is 10.0. The summed E-state index contributed by atoms with van der Waals surface area (Å²) in [5.41, 5.74) is 2.87. The van der Waals surface area contributed by atoms with Crippen molar-refractivity contribution in [3.8, 4) is 0 Å². The molecule has 1 aromatic rings. The Kier molecular flexibility index (Phi) is 5.83. The number of morpholine rings is 1. The molecular weight excluding hydrogens is 338 g/mol. The third kappa shape index (κ3) is 4.06. The molecule has 6 nitrogen and oxygen atoms in total. The molecule has 0 bridgehead atoms. The summed E-state index contributed by atoms with van der Waals surface area (Å²) < 4.78 is 5.49. The van der Waals surface area contributed by atoms with E-state index in [2.05, 4.69) is 56.2 Å². The van der Waals surface area contributed by atoms with Gasteiger partial charge in [-0.05, 0) is 31.4 Å². The first-order chi connectivity index (χ1) is 13.3. The molecule has 4 rings (SSSR count). The molecule has 6 heteroatoms. The first kappa shape index (κ1) is 18.6. The van der Waals surface area contributed by atoms with Gasteiger partial charge in [0, 0.05) is 64.1 Å². The van der Waals surface area contributed by atoms with E-state index in [1.807, 2.05) is 7.05 Å². The Balaban J connectivity index is 1.28. The van der Waals surface area contributed by atoms with Gasteiger partial charge < -0.3 is 19.9 Å². The monoisotopic (exact) mass is 371 g/mol. The van der Waals surface area contributed by atoms with Crippen molar-refractivity contribution in [3.63, 3.8) is 0 Å². The van der Waals surface area contributed by atoms with Crippen LogP contribution in [0.15, 0.2) is 29.3 Å². The van der Waals surface area contributed by atoms with Crippen LogP contribution in [0.1, 0.15) is 18.9 Å². The number of likely N-dealkylation sites (tertiary alicyclic amines) is 1. The number of hydrogen-bond acceptors (Lipinski definition) is 4. The van der Waals surface area contributed by atoms with Crippen LogP contribution in [-0.4, -0.2) is 87.4 Å². The Morgan fingerprint density at radius 1 is 1.22 bits per heavy atom. The minimum Gasteiger partial charge on any atom is -0.379 e. The number of guanidine groups is 1. The van der Waals surface area contributed by atoms with Gasteiger partial charge in [-0.15, -0.1) is 0 Å². The maximum absolute atomic E-state index is 5.49.